The zero-order valence-corrected chi connectivity index (χ0v) is 27.9. The Morgan fingerprint density at radius 3 is 1.96 bits per heavy atom. The largest absolute Gasteiger partial charge is 0.456 e. The number of hydrogen-bond acceptors (Lipinski definition) is 5. The SMILES string of the molecule is c1ccc(-n2c3ccccc3c3cc(-c4nc(-c5ccc6c(c5)sc5ccccc56)nc(-c5cccc6oc7ccccc7c56)n4)ccc32)cc1. The van der Waals surface area contributed by atoms with Crippen molar-refractivity contribution in [2.45, 2.75) is 0 Å². The third-order valence-corrected chi connectivity index (χ3v) is 11.0. The van der Waals surface area contributed by atoms with Crippen LogP contribution in [0.2, 0.25) is 0 Å². The smallest absolute Gasteiger partial charge is 0.164 e. The van der Waals surface area contributed by atoms with Crippen LogP contribution in [0.3, 0.4) is 0 Å². The Hall–Kier alpha value is -6.63. The molecule has 4 aromatic heterocycles. The van der Waals surface area contributed by atoms with E-state index >= 15 is 0 Å². The van der Waals surface area contributed by atoms with Crippen LogP contribution in [0, 0.1) is 0 Å². The van der Waals surface area contributed by atoms with Gasteiger partial charge in [0.1, 0.15) is 11.2 Å². The molecule has 0 aliphatic rings. The Bertz CT molecular complexity index is 3150. The molecule has 238 valence electrons. The van der Waals surface area contributed by atoms with Gasteiger partial charge in [-0.3, -0.25) is 0 Å². The predicted molar refractivity (Wildman–Crippen MR) is 211 cm³/mol. The van der Waals surface area contributed by atoms with Gasteiger partial charge in [-0.1, -0.05) is 97.1 Å². The molecule has 0 spiro atoms. The first-order chi connectivity index (χ1) is 25.3. The minimum Gasteiger partial charge on any atom is -0.456 e. The second-order valence-electron chi connectivity index (χ2n) is 12.8. The summed E-state index contributed by atoms with van der Waals surface area (Å²) >= 11 is 1.79. The van der Waals surface area contributed by atoms with E-state index in [0.29, 0.717) is 17.5 Å². The van der Waals surface area contributed by atoms with E-state index in [0.717, 1.165) is 60.7 Å². The molecular formula is C45H26N4OS. The van der Waals surface area contributed by atoms with E-state index in [-0.39, 0.29) is 0 Å². The van der Waals surface area contributed by atoms with Crippen LogP contribution in [0.15, 0.2) is 162 Å². The summed E-state index contributed by atoms with van der Waals surface area (Å²) in [7, 11) is 0. The second kappa shape index (κ2) is 10.9. The van der Waals surface area contributed by atoms with Gasteiger partial charge in [-0.25, -0.2) is 15.0 Å². The van der Waals surface area contributed by atoms with Crippen LogP contribution >= 0.6 is 11.3 Å². The van der Waals surface area contributed by atoms with Crippen molar-refractivity contribution in [2.75, 3.05) is 0 Å². The molecule has 6 heteroatoms. The number of hydrogen-bond donors (Lipinski definition) is 0. The minimum absolute atomic E-state index is 0.607. The average Bonchev–Trinajstić information content (AvgIpc) is 3.87. The molecule has 7 aromatic carbocycles. The molecule has 0 radical (unpaired) electrons. The van der Waals surface area contributed by atoms with Crippen molar-refractivity contribution in [3.05, 3.63) is 158 Å². The van der Waals surface area contributed by atoms with Crippen molar-refractivity contribution < 1.29 is 4.42 Å². The number of thiophene rings is 1. The summed E-state index contributed by atoms with van der Waals surface area (Å²) in [4.78, 5) is 15.6. The fourth-order valence-corrected chi connectivity index (χ4v) is 8.69. The highest BCUT2D eigenvalue weighted by Crippen LogP contribution is 2.40. The maximum absolute atomic E-state index is 6.28. The van der Waals surface area contributed by atoms with E-state index in [2.05, 4.69) is 132 Å². The average molecular weight is 671 g/mol. The van der Waals surface area contributed by atoms with Gasteiger partial charge in [-0.2, -0.15) is 0 Å². The zero-order chi connectivity index (χ0) is 33.5. The lowest BCUT2D eigenvalue weighted by Crippen LogP contribution is -2.00. The molecule has 0 atom stereocenters. The lowest BCUT2D eigenvalue weighted by Gasteiger charge is -2.10. The molecule has 0 N–H and O–H groups in total. The Kier molecular flexibility index (Phi) is 6.05. The number of nitrogens with zero attached hydrogens (tertiary/aromatic N) is 4. The van der Waals surface area contributed by atoms with Crippen molar-refractivity contribution in [2.24, 2.45) is 0 Å². The number of fused-ring (bicyclic) bond motifs is 9. The number of aromatic nitrogens is 4. The standard InChI is InChI=1S/C45H26N4OS/c1-2-11-29(12-3-1)49-36-17-7-4-13-30(36)35-25-27(22-24-37(35)49)43-46-44(28-21-23-32-31-14-6-9-20-40(31)51-41(32)26-28)48-45(47-43)34-16-10-19-39-42(34)33-15-5-8-18-38(33)50-39/h1-26H. The molecule has 0 saturated carbocycles. The molecule has 0 amide bonds. The van der Waals surface area contributed by atoms with Gasteiger partial charge in [0.25, 0.3) is 0 Å². The first kappa shape index (κ1) is 28.2. The summed E-state index contributed by atoms with van der Waals surface area (Å²) in [5, 5.41) is 6.86. The highest BCUT2D eigenvalue weighted by Gasteiger charge is 2.20. The van der Waals surface area contributed by atoms with Crippen LogP contribution in [0.4, 0.5) is 0 Å². The van der Waals surface area contributed by atoms with Gasteiger partial charge >= 0.3 is 0 Å². The lowest BCUT2D eigenvalue weighted by molar-refractivity contribution is 0.669. The monoisotopic (exact) mass is 670 g/mol. The van der Waals surface area contributed by atoms with Gasteiger partial charge in [0.15, 0.2) is 17.5 Å². The molecule has 5 nitrogen and oxygen atoms in total. The van der Waals surface area contributed by atoms with E-state index in [1.807, 2.05) is 30.3 Å². The predicted octanol–water partition coefficient (Wildman–Crippen LogP) is 12.2. The molecule has 51 heavy (non-hydrogen) atoms. The topological polar surface area (TPSA) is 56.7 Å². The van der Waals surface area contributed by atoms with E-state index in [9.17, 15) is 0 Å². The summed E-state index contributed by atoms with van der Waals surface area (Å²) in [6, 6.07) is 55.0. The van der Waals surface area contributed by atoms with Crippen LogP contribution in [0.25, 0.3) is 104 Å². The molecule has 0 saturated heterocycles. The molecule has 11 aromatic rings. The zero-order valence-electron chi connectivity index (χ0n) is 27.1. The third kappa shape index (κ3) is 4.37. The highest BCUT2D eigenvalue weighted by molar-refractivity contribution is 7.25. The summed E-state index contributed by atoms with van der Waals surface area (Å²) < 4.78 is 11.1. The van der Waals surface area contributed by atoms with Crippen molar-refractivity contribution in [3.8, 4) is 39.9 Å². The van der Waals surface area contributed by atoms with Crippen LogP contribution in [0.5, 0.6) is 0 Å². The molecular weight excluding hydrogens is 645 g/mol. The normalized spacial score (nSPS) is 11.9. The first-order valence-electron chi connectivity index (χ1n) is 16.9. The van der Waals surface area contributed by atoms with Gasteiger partial charge in [0, 0.05) is 64.1 Å². The van der Waals surface area contributed by atoms with E-state index in [1.165, 1.54) is 25.6 Å². The lowest BCUT2D eigenvalue weighted by atomic mass is 10.0. The molecule has 11 rings (SSSR count). The van der Waals surface area contributed by atoms with Gasteiger partial charge in [-0.05, 0) is 60.7 Å². The highest BCUT2D eigenvalue weighted by atomic mass is 32.1. The summed E-state index contributed by atoms with van der Waals surface area (Å²) in [6.45, 7) is 0. The van der Waals surface area contributed by atoms with Crippen LogP contribution in [0.1, 0.15) is 0 Å². The third-order valence-electron chi connectivity index (χ3n) is 9.86. The summed E-state index contributed by atoms with van der Waals surface area (Å²) in [5.74, 6) is 1.86. The Morgan fingerprint density at radius 1 is 0.431 bits per heavy atom. The van der Waals surface area contributed by atoms with Crippen LogP contribution < -0.4 is 0 Å². The Morgan fingerprint density at radius 2 is 1.08 bits per heavy atom. The molecule has 0 unspecified atom stereocenters. The second-order valence-corrected chi connectivity index (χ2v) is 13.9. The van der Waals surface area contributed by atoms with E-state index in [1.54, 1.807) is 11.3 Å². The summed E-state index contributed by atoms with van der Waals surface area (Å²) in [5.41, 5.74) is 7.84. The maximum Gasteiger partial charge on any atom is 0.164 e. The van der Waals surface area contributed by atoms with Gasteiger partial charge in [0.2, 0.25) is 0 Å². The van der Waals surface area contributed by atoms with Crippen LogP contribution in [-0.2, 0) is 0 Å². The molecule has 4 heterocycles. The molecule has 0 fully saturated rings. The van der Waals surface area contributed by atoms with Crippen molar-refractivity contribution in [1.82, 2.24) is 19.5 Å². The Labute approximate surface area is 295 Å². The van der Waals surface area contributed by atoms with Crippen molar-refractivity contribution in [3.63, 3.8) is 0 Å². The Balaban J connectivity index is 1.16. The van der Waals surface area contributed by atoms with Gasteiger partial charge in [0.05, 0.1) is 11.0 Å². The molecule has 0 aliphatic carbocycles. The van der Waals surface area contributed by atoms with Gasteiger partial charge in [-0.15, -0.1) is 11.3 Å². The van der Waals surface area contributed by atoms with Crippen molar-refractivity contribution >= 4 is 75.3 Å². The van der Waals surface area contributed by atoms with Crippen LogP contribution in [-0.4, -0.2) is 19.5 Å². The van der Waals surface area contributed by atoms with E-state index in [4.69, 9.17) is 19.4 Å². The maximum atomic E-state index is 6.28. The number of para-hydroxylation sites is 3. The van der Waals surface area contributed by atoms with Gasteiger partial charge < -0.3 is 8.98 Å². The molecule has 0 aliphatic heterocycles. The minimum atomic E-state index is 0.607. The fourth-order valence-electron chi connectivity index (χ4n) is 7.55. The first-order valence-corrected chi connectivity index (χ1v) is 17.8. The fraction of sp³-hybridized carbons (Fsp3) is 0. The quantitative estimate of drug-likeness (QED) is 0.187. The van der Waals surface area contributed by atoms with Crippen molar-refractivity contribution in [1.29, 1.82) is 0 Å². The molecule has 0 bridgehead atoms. The number of benzene rings is 7. The number of rotatable bonds is 4. The number of furan rings is 1. The van der Waals surface area contributed by atoms with E-state index < -0.39 is 0 Å². The summed E-state index contributed by atoms with van der Waals surface area (Å²) in [6.07, 6.45) is 0.